The molecular formula is C13H15NO2. The van der Waals surface area contributed by atoms with Gasteiger partial charge in [0.05, 0.1) is 6.61 Å². The van der Waals surface area contributed by atoms with E-state index in [4.69, 9.17) is 9.15 Å². The fourth-order valence-electron chi connectivity index (χ4n) is 1.72. The van der Waals surface area contributed by atoms with Gasteiger partial charge in [-0.25, -0.2) is 4.98 Å². The van der Waals surface area contributed by atoms with Gasteiger partial charge in [0.2, 0.25) is 0 Å². The van der Waals surface area contributed by atoms with Gasteiger partial charge in [-0.3, -0.25) is 0 Å². The van der Waals surface area contributed by atoms with Gasteiger partial charge in [0.15, 0.2) is 6.39 Å². The molecule has 0 bridgehead atoms. The van der Waals surface area contributed by atoms with Gasteiger partial charge in [0.1, 0.15) is 17.7 Å². The minimum Gasteiger partial charge on any atom is -0.494 e. The highest BCUT2D eigenvalue weighted by Gasteiger charge is 2.08. The van der Waals surface area contributed by atoms with E-state index in [1.165, 1.54) is 6.39 Å². The minimum atomic E-state index is 0.684. The van der Waals surface area contributed by atoms with Crippen LogP contribution in [-0.4, -0.2) is 11.6 Å². The fraction of sp³-hybridized carbons (Fsp3) is 0.308. The predicted molar refractivity (Wildman–Crippen MR) is 62.6 cm³/mol. The number of aryl methyl sites for hydroxylation is 2. The topological polar surface area (TPSA) is 35.3 Å². The van der Waals surface area contributed by atoms with Crippen molar-refractivity contribution in [3.63, 3.8) is 0 Å². The lowest BCUT2D eigenvalue weighted by atomic mass is 10.0. The number of benzene rings is 1. The summed E-state index contributed by atoms with van der Waals surface area (Å²) in [7, 11) is 0. The monoisotopic (exact) mass is 217 g/mol. The second-order valence-electron chi connectivity index (χ2n) is 3.74. The molecule has 0 aliphatic rings. The van der Waals surface area contributed by atoms with Crippen LogP contribution in [0.4, 0.5) is 0 Å². The van der Waals surface area contributed by atoms with Gasteiger partial charge >= 0.3 is 0 Å². The summed E-state index contributed by atoms with van der Waals surface area (Å²) >= 11 is 0. The maximum atomic E-state index is 5.55. The van der Waals surface area contributed by atoms with Crippen molar-refractivity contribution in [2.24, 2.45) is 0 Å². The molecule has 0 unspecified atom stereocenters. The van der Waals surface area contributed by atoms with Gasteiger partial charge < -0.3 is 9.15 Å². The van der Waals surface area contributed by atoms with E-state index in [2.05, 4.69) is 11.1 Å². The Labute approximate surface area is 95.1 Å². The minimum absolute atomic E-state index is 0.684. The average Bonchev–Trinajstić information content (AvgIpc) is 2.76. The van der Waals surface area contributed by atoms with Crippen molar-refractivity contribution in [1.29, 1.82) is 0 Å². The van der Waals surface area contributed by atoms with E-state index in [1.54, 1.807) is 6.26 Å². The Balaban J connectivity index is 2.46. The summed E-state index contributed by atoms with van der Waals surface area (Å²) in [4.78, 5) is 4.16. The van der Waals surface area contributed by atoms with Gasteiger partial charge in [-0.2, -0.15) is 0 Å². The largest absolute Gasteiger partial charge is 0.494 e. The van der Waals surface area contributed by atoms with Gasteiger partial charge in [-0.1, -0.05) is 0 Å². The Morgan fingerprint density at radius 2 is 2.06 bits per heavy atom. The lowest BCUT2D eigenvalue weighted by Gasteiger charge is -2.10. The zero-order chi connectivity index (χ0) is 11.5. The number of rotatable bonds is 3. The van der Waals surface area contributed by atoms with Crippen LogP contribution in [0.5, 0.6) is 5.75 Å². The molecule has 0 spiro atoms. The normalized spacial score (nSPS) is 10.4. The molecule has 0 N–H and O–H groups in total. The lowest BCUT2D eigenvalue weighted by molar-refractivity contribution is 0.337. The first-order valence-electron chi connectivity index (χ1n) is 5.35. The third kappa shape index (κ3) is 1.94. The van der Waals surface area contributed by atoms with Crippen molar-refractivity contribution in [2.75, 3.05) is 6.61 Å². The Bertz CT molecular complexity index is 475. The molecule has 0 aliphatic heterocycles. The SMILES string of the molecule is CCOc1cc(C)c(-c2cocn2)cc1C. The van der Waals surface area contributed by atoms with E-state index >= 15 is 0 Å². The summed E-state index contributed by atoms with van der Waals surface area (Å²) in [6.45, 7) is 6.75. The highest BCUT2D eigenvalue weighted by atomic mass is 16.5. The van der Waals surface area contributed by atoms with E-state index in [0.29, 0.717) is 6.61 Å². The molecule has 0 saturated carbocycles. The van der Waals surface area contributed by atoms with Crippen molar-refractivity contribution in [3.8, 4) is 17.0 Å². The van der Waals surface area contributed by atoms with Crippen LogP contribution in [0.2, 0.25) is 0 Å². The van der Waals surface area contributed by atoms with E-state index in [9.17, 15) is 0 Å². The first-order valence-corrected chi connectivity index (χ1v) is 5.35. The quantitative estimate of drug-likeness (QED) is 0.790. The Morgan fingerprint density at radius 1 is 1.25 bits per heavy atom. The number of nitrogens with zero attached hydrogens (tertiary/aromatic N) is 1. The van der Waals surface area contributed by atoms with Crippen molar-refractivity contribution in [3.05, 3.63) is 35.9 Å². The zero-order valence-corrected chi connectivity index (χ0v) is 9.78. The second kappa shape index (κ2) is 4.39. The highest BCUT2D eigenvalue weighted by Crippen LogP contribution is 2.29. The molecule has 16 heavy (non-hydrogen) atoms. The van der Waals surface area contributed by atoms with Crippen molar-refractivity contribution in [2.45, 2.75) is 20.8 Å². The molecule has 0 aliphatic carbocycles. The summed E-state index contributed by atoms with van der Waals surface area (Å²) < 4.78 is 10.5. The van der Waals surface area contributed by atoms with E-state index in [-0.39, 0.29) is 0 Å². The Hall–Kier alpha value is -1.77. The van der Waals surface area contributed by atoms with Gasteiger partial charge in [-0.15, -0.1) is 0 Å². The van der Waals surface area contributed by atoms with Crippen LogP contribution in [0.25, 0.3) is 11.3 Å². The molecule has 1 heterocycles. The summed E-state index contributed by atoms with van der Waals surface area (Å²) in [5.74, 6) is 0.937. The molecule has 0 radical (unpaired) electrons. The van der Waals surface area contributed by atoms with Crippen LogP contribution in [0, 0.1) is 13.8 Å². The third-order valence-corrected chi connectivity index (χ3v) is 2.53. The Morgan fingerprint density at radius 3 is 2.69 bits per heavy atom. The molecular weight excluding hydrogens is 202 g/mol. The summed E-state index contributed by atoms with van der Waals surface area (Å²) in [6, 6.07) is 4.13. The van der Waals surface area contributed by atoms with Gasteiger partial charge in [0.25, 0.3) is 0 Å². The third-order valence-electron chi connectivity index (χ3n) is 2.53. The fourth-order valence-corrected chi connectivity index (χ4v) is 1.72. The van der Waals surface area contributed by atoms with E-state index in [0.717, 1.165) is 28.1 Å². The number of aromatic nitrogens is 1. The highest BCUT2D eigenvalue weighted by molar-refractivity contribution is 5.65. The molecule has 2 aromatic rings. The molecule has 1 aromatic heterocycles. The van der Waals surface area contributed by atoms with Crippen molar-refractivity contribution < 1.29 is 9.15 Å². The number of oxazole rings is 1. The Kier molecular flexibility index (Phi) is 2.95. The van der Waals surface area contributed by atoms with E-state index in [1.807, 2.05) is 26.8 Å². The van der Waals surface area contributed by atoms with Crippen LogP contribution >= 0.6 is 0 Å². The van der Waals surface area contributed by atoms with Crippen molar-refractivity contribution >= 4 is 0 Å². The van der Waals surface area contributed by atoms with Crippen LogP contribution in [0.15, 0.2) is 29.2 Å². The standard InChI is InChI=1S/C13H15NO2/c1-4-16-13-6-9(2)11(5-10(13)3)12-7-15-8-14-12/h5-8H,4H2,1-3H3. The molecule has 84 valence electrons. The first kappa shape index (κ1) is 10.7. The average molecular weight is 217 g/mol. The van der Waals surface area contributed by atoms with Crippen molar-refractivity contribution in [1.82, 2.24) is 4.98 Å². The lowest BCUT2D eigenvalue weighted by Crippen LogP contribution is -1.96. The molecule has 3 heteroatoms. The molecule has 2 rings (SSSR count). The van der Waals surface area contributed by atoms with Crippen LogP contribution in [-0.2, 0) is 0 Å². The molecule has 0 saturated heterocycles. The predicted octanol–water partition coefficient (Wildman–Crippen LogP) is 3.36. The maximum absolute atomic E-state index is 5.55. The van der Waals surface area contributed by atoms with Gasteiger partial charge in [0, 0.05) is 5.56 Å². The summed E-state index contributed by atoms with van der Waals surface area (Å²) in [5, 5.41) is 0. The van der Waals surface area contributed by atoms with Crippen LogP contribution in [0.3, 0.4) is 0 Å². The molecule has 0 fully saturated rings. The molecule has 1 aromatic carbocycles. The van der Waals surface area contributed by atoms with E-state index < -0.39 is 0 Å². The summed E-state index contributed by atoms with van der Waals surface area (Å²) in [6.07, 6.45) is 3.10. The van der Waals surface area contributed by atoms with Gasteiger partial charge in [-0.05, 0) is 44.0 Å². The molecule has 0 atom stereocenters. The smallest absolute Gasteiger partial charge is 0.181 e. The number of hydrogen-bond acceptors (Lipinski definition) is 3. The zero-order valence-electron chi connectivity index (χ0n) is 9.78. The summed E-state index contributed by atoms with van der Waals surface area (Å²) in [5.41, 5.74) is 4.21. The van der Waals surface area contributed by atoms with Crippen LogP contribution < -0.4 is 4.74 Å². The number of ether oxygens (including phenoxy) is 1. The first-order chi connectivity index (χ1) is 7.72. The number of hydrogen-bond donors (Lipinski definition) is 0. The van der Waals surface area contributed by atoms with Crippen LogP contribution in [0.1, 0.15) is 18.1 Å². The second-order valence-corrected chi connectivity index (χ2v) is 3.74. The maximum Gasteiger partial charge on any atom is 0.181 e. The molecule has 0 amide bonds. The molecule has 3 nitrogen and oxygen atoms in total.